The van der Waals surface area contributed by atoms with Crippen molar-refractivity contribution in [3.63, 3.8) is 0 Å². The predicted molar refractivity (Wildman–Crippen MR) is 89.3 cm³/mol. The highest BCUT2D eigenvalue weighted by atomic mass is 16.4. The number of amidine groups is 1. The molecule has 6 N–H and O–H groups in total. The van der Waals surface area contributed by atoms with Crippen LogP contribution in [-0.4, -0.2) is 64.8 Å². The number of aliphatic carboxylic acids is 1. The highest BCUT2D eigenvalue weighted by Crippen LogP contribution is 2.18. The van der Waals surface area contributed by atoms with Crippen molar-refractivity contribution in [2.24, 2.45) is 22.4 Å². The van der Waals surface area contributed by atoms with E-state index in [1.165, 1.54) is 11.8 Å². The van der Waals surface area contributed by atoms with Gasteiger partial charge < -0.3 is 26.8 Å². The maximum absolute atomic E-state index is 12.3. The van der Waals surface area contributed by atoms with Gasteiger partial charge in [0.2, 0.25) is 11.8 Å². The minimum atomic E-state index is -1.13. The zero-order valence-corrected chi connectivity index (χ0v) is 14.4. The van der Waals surface area contributed by atoms with Gasteiger partial charge in [-0.05, 0) is 25.7 Å². The molecule has 2 amide bonds. The van der Waals surface area contributed by atoms with Crippen molar-refractivity contribution in [1.82, 2.24) is 10.2 Å². The summed E-state index contributed by atoms with van der Waals surface area (Å²) in [6.07, 6.45) is 1.17. The molecule has 0 aliphatic carbocycles. The van der Waals surface area contributed by atoms with Gasteiger partial charge in [-0.3, -0.25) is 19.4 Å². The molecule has 1 fully saturated rings. The van der Waals surface area contributed by atoms with Crippen molar-refractivity contribution in [2.75, 3.05) is 13.1 Å². The van der Waals surface area contributed by atoms with Gasteiger partial charge in [0, 0.05) is 6.54 Å². The smallest absolute Gasteiger partial charge is 0.325 e. The highest BCUT2D eigenvalue weighted by Gasteiger charge is 2.34. The van der Waals surface area contributed by atoms with Crippen LogP contribution in [0.4, 0.5) is 0 Å². The maximum atomic E-state index is 12.3. The average molecular weight is 341 g/mol. The molecule has 3 unspecified atom stereocenters. The molecule has 0 bridgehead atoms. The summed E-state index contributed by atoms with van der Waals surface area (Å²) in [6.45, 7) is 5.44. The van der Waals surface area contributed by atoms with Crippen LogP contribution in [0, 0.1) is 5.92 Å². The fraction of sp³-hybridized carbons (Fsp3) is 0.733. The summed E-state index contributed by atoms with van der Waals surface area (Å²) in [5.41, 5.74) is 11.6. The van der Waals surface area contributed by atoms with Crippen LogP contribution in [0.25, 0.3) is 0 Å². The van der Waals surface area contributed by atoms with Crippen molar-refractivity contribution in [3.8, 4) is 0 Å². The zero-order valence-electron chi connectivity index (χ0n) is 14.4. The normalized spacial score (nSPS) is 20.8. The number of carboxylic acids is 1. The Kier molecular flexibility index (Phi) is 7.15. The Morgan fingerprint density at radius 3 is 2.50 bits per heavy atom. The standard InChI is InChI=1S/C15H27N5O4/c1-8(2)12(16)13(17)18-7-11(21)20-6-4-5-10(20)14(22)19-9(3)15(23)24/h8-10,12H,4-7,16H2,1-3H3,(H2,17,18)(H,19,22)(H,23,24). The molecular weight excluding hydrogens is 314 g/mol. The SMILES string of the molecule is CC(NC(=O)C1CCCN1C(=O)CN=C(N)C(N)C(C)C)C(=O)O. The van der Waals surface area contributed by atoms with Crippen LogP contribution in [0.15, 0.2) is 4.99 Å². The second-order valence-corrected chi connectivity index (χ2v) is 6.32. The quantitative estimate of drug-likeness (QED) is 0.341. The number of rotatable bonds is 7. The third-order valence-electron chi connectivity index (χ3n) is 4.06. The fourth-order valence-electron chi connectivity index (χ4n) is 2.41. The van der Waals surface area contributed by atoms with E-state index in [-0.39, 0.29) is 24.2 Å². The molecule has 0 aromatic carbocycles. The largest absolute Gasteiger partial charge is 0.480 e. The number of nitrogens with two attached hydrogens (primary N) is 2. The first kappa shape index (κ1) is 19.9. The lowest BCUT2D eigenvalue weighted by atomic mass is 10.1. The second-order valence-electron chi connectivity index (χ2n) is 6.32. The number of carboxylic acid groups (broad SMARTS) is 1. The molecule has 0 radical (unpaired) electrons. The minimum Gasteiger partial charge on any atom is -0.480 e. The van der Waals surface area contributed by atoms with Crippen LogP contribution in [0.2, 0.25) is 0 Å². The van der Waals surface area contributed by atoms with Crippen LogP contribution >= 0.6 is 0 Å². The summed E-state index contributed by atoms with van der Waals surface area (Å²) < 4.78 is 0. The summed E-state index contributed by atoms with van der Waals surface area (Å²) >= 11 is 0. The second kappa shape index (κ2) is 8.62. The van der Waals surface area contributed by atoms with Gasteiger partial charge in [-0.15, -0.1) is 0 Å². The Morgan fingerprint density at radius 1 is 1.33 bits per heavy atom. The third-order valence-corrected chi connectivity index (χ3v) is 4.06. The van der Waals surface area contributed by atoms with Gasteiger partial charge in [0.15, 0.2) is 0 Å². The number of likely N-dealkylation sites (tertiary alicyclic amines) is 1. The van der Waals surface area contributed by atoms with E-state index >= 15 is 0 Å². The summed E-state index contributed by atoms with van der Waals surface area (Å²) in [7, 11) is 0. The molecule has 24 heavy (non-hydrogen) atoms. The van der Waals surface area contributed by atoms with E-state index in [0.717, 1.165) is 0 Å². The molecule has 0 spiro atoms. The topological polar surface area (TPSA) is 151 Å². The Labute approximate surface area is 141 Å². The molecule has 1 aliphatic heterocycles. The van der Waals surface area contributed by atoms with Crippen molar-refractivity contribution in [2.45, 2.75) is 51.7 Å². The van der Waals surface area contributed by atoms with E-state index in [1.807, 2.05) is 13.8 Å². The first-order chi connectivity index (χ1) is 11.1. The van der Waals surface area contributed by atoms with Crippen LogP contribution in [0.5, 0.6) is 0 Å². The molecule has 0 saturated carbocycles. The van der Waals surface area contributed by atoms with Gasteiger partial charge in [0.05, 0.1) is 6.04 Å². The number of aliphatic imine (C=N–C) groups is 1. The number of carbonyl (C=O) groups excluding carboxylic acids is 2. The van der Waals surface area contributed by atoms with Crippen LogP contribution in [0.1, 0.15) is 33.6 Å². The van der Waals surface area contributed by atoms with Gasteiger partial charge in [0.1, 0.15) is 24.5 Å². The average Bonchev–Trinajstić information content (AvgIpc) is 3.00. The molecule has 136 valence electrons. The van der Waals surface area contributed by atoms with Gasteiger partial charge in [-0.25, -0.2) is 0 Å². The molecule has 1 rings (SSSR count). The molecule has 0 aromatic rings. The van der Waals surface area contributed by atoms with Gasteiger partial charge >= 0.3 is 5.97 Å². The molecule has 1 saturated heterocycles. The predicted octanol–water partition coefficient (Wildman–Crippen LogP) is -1.09. The molecule has 9 nitrogen and oxygen atoms in total. The van der Waals surface area contributed by atoms with Crippen molar-refractivity contribution in [1.29, 1.82) is 0 Å². The summed E-state index contributed by atoms with van der Waals surface area (Å²) in [5.74, 6) is -1.61. The number of hydrogen-bond acceptors (Lipinski definition) is 5. The number of nitrogens with zero attached hydrogens (tertiary/aromatic N) is 2. The van der Waals surface area contributed by atoms with Crippen LogP contribution in [-0.2, 0) is 14.4 Å². The van der Waals surface area contributed by atoms with E-state index in [9.17, 15) is 14.4 Å². The van der Waals surface area contributed by atoms with Crippen LogP contribution in [0.3, 0.4) is 0 Å². The van der Waals surface area contributed by atoms with E-state index in [1.54, 1.807) is 0 Å². The maximum Gasteiger partial charge on any atom is 0.325 e. The Hall–Kier alpha value is -2.16. The lowest BCUT2D eigenvalue weighted by molar-refractivity contribution is -0.143. The Bertz CT molecular complexity index is 520. The first-order valence-electron chi connectivity index (χ1n) is 8.03. The lowest BCUT2D eigenvalue weighted by Crippen LogP contribution is -2.50. The van der Waals surface area contributed by atoms with Gasteiger partial charge in [0.25, 0.3) is 0 Å². The zero-order chi connectivity index (χ0) is 18.4. The van der Waals surface area contributed by atoms with E-state index < -0.39 is 30.0 Å². The van der Waals surface area contributed by atoms with E-state index in [2.05, 4.69) is 10.3 Å². The number of nitrogens with one attached hydrogen (secondary N) is 1. The number of hydrogen-bond donors (Lipinski definition) is 4. The monoisotopic (exact) mass is 341 g/mol. The third kappa shape index (κ3) is 5.19. The first-order valence-corrected chi connectivity index (χ1v) is 8.03. The Balaban J connectivity index is 2.67. The molecule has 1 aliphatic rings. The minimum absolute atomic E-state index is 0.103. The van der Waals surface area contributed by atoms with Crippen LogP contribution < -0.4 is 16.8 Å². The summed E-state index contributed by atoms with van der Waals surface area (Å²) in [4.78, 5) is 40.7. The van der Waals surface area contributed by atoms with E-state index in [0.29, 0.717) is 19.4 Å². The van der Waals surface area contributed by atoms with Gasteiger partial charge in [-0.2, -0.15) is 0 Å². The van der Waals surface area contributed by atoms with Gasteiger partial charge in [-0.1, -0.05) is 13.8 Å². The Morgan fingerprint density at radius 2 is 1.96 bits per heavy atom. The molecular formula is C15H27N5O4. The van der Waals surface area contributed by atoms with E-state index in [4.69, 9.17) is 16.6 Å². The lowest BCUT2D eigenvalue weighted by Gasteiger charge is -2.24. The number of carbonyl (C=O) groups is 3. The molecule has 0 aromatic heterocycles. The fourth-order valence-corrected chi connectivity index (χ4v) is 2.41. The number of amides is 2. The summed E-state index contributed by atoms with van der Waals surface area (Å²) in [6, 6.07) is -2.10. The van der Waals surface area contributed by atoms with Crippen molar-refractivity contribution >= 4 is 23.6 Å². The van der Waals surface area contributed by atoms with Crippen molar-refractivity contribution < 1.29 is 19.5 Å². The molecule has 3 atom stereocenters. The van der Waals surface area contributed by atoms with Crippen molar-refractivity contribution in [3.05, 3.63) is 0 Å². The molecule has 9 heteroatoms. The highest BCUT2D eigenvalue weighted by molar-refractivity contribution is 5.92. The summed E-state index contributed by atoms with van der Waals surface area (Å²) in [5, 5.41) is 11.2. The molecule has 1 heterocycles.